The van der Waals surface area contributed by atoms with Gasteiger partial charge in [-0.1, -0.05) is 30.1 Å². The predicted octanol–water partition coefficient (Wildman–Crippen LogP) is 3.56. The van der Waals surface area contributed by atoms with E-state index in [1.54, 1.807) is 4.86 Å². The minimum atomic E-state index is 0.437. The van der Waals surface area contributed by atoms with Crippen molar-refractivity contribution in [3.05, 3.63) is 22.0 Å². The summed E-state index contributed by atoms with van der Waals surface area (Å²) in [4.78, 5) is 1.59. The summed E-state index contributed by atoms with van der Waals surface area (Å²) in [6, 6.07) is 0. The molecular formula is C7H8S3. The van der Waals surface area contributed by atoms with Gasteiger partial charge in [0, 0.05) is 4.86 Å². The third-order valence-corrected chi connectivity index (χ3v) is 7.77. The Hall–Kier alpha value is 0.400. The van der Waals surface area contributed by atoms with Gasteiger partial charge in [0.1, 0.15) is 0 Å². The van der Waals surface area contributed by atoms with Gasteiger partial charge in [-0.15, -0.1) is 0 Å². The summed E-state index contributed by atoms with van der Waals surface area (Å²) in [6.45, 7) is 4.41. The molecule has 0 atom stereocenters. The van der Waals surface area contributed by atoms with E-state index in [2.05, 4.69) is 24.7 Å². The van der Waals surface area contributed by atoms with Gasteiger partial charge in [0.2, 0.25) is 0 Å². The molecule has 0 amide bonds. The first-order valence-electron chi connectivity index (χ1n) is 3.09. The van der Waals surface area contributed by atoms with Gasteiger partial charge in [0.05, 0.1) is 0 Å². The lowest BCUT2D eigenvalue weighted by molar-refractivity contribution is 1.57. The first-order valence-corrected chi connectivity index (χ1v) is 7.10. The average molecular weight is 188 g/mol. The van der Waals surface area contributed by atoms with Crippen LogP contribution in [0.5, 0.6) is 0 Å². The highest BCUT2D eigenvalue weighted by molar-refractivity contribution is 9.17. The van der Waals surface area contributed by atoms with Crippen molar-refractivity contribution in [3.63, 3.8) is 0 Å². The minimum Gasteiger partial charge on any atom is -0.0602 e. The van der Waals surface area contributed by atoms with Crippen molar-refractivity contribution >= 4 is 35.0 Å². The fourth-order valence-electron chi connectivity index (χ4n) is 1.03. The van der Waals surface area contributed by atoms with Crippen molar-refractivity contribution < 1.29 is 0 Å². The summed E-state index contributed by atoms with van der Waals surface area (Å²) >= 11 is 0. The van der Waals surface area contributed by atoms with Gasteiger partial charge in [-0.2, -0.15) is 0 Å². The number of hydrogen-bond acceptors (Lipinski definition) is 2. The summed E-state index contributed by atoms with van der Waals surface area (Å²) in [7, 11) is 4.37. The van der Waals surface area contributed by atoms with Crippen LogP contribution in [0.3, 0.4) is 0 Å². The Morgan fingerprint density at radius 2 is 1.60 bits per heavy atom. The summed E-state index contributed by atoms with van der Waals surface area (Å²) in [5.74, 6) is 0. The first-order chi connectivity index (χ1) is 4.79. The van der Waals surface area contributed by atoms with Crippen LogP contribution in [-0.2, 0) is 0 Å². The zero-order valence-corrected chi connectivity index (χ0v) is 8.33. The van der Waals surface area contributed by atoms with E-state index < -0.39 is 0 Å². The van der Waals surface area contributed by atoms with Gasteiger partial charge in [-0.05, 0) is 35.8 Å². The van der Waals surface area contributed by atoms with Crippen LogP contribution in [0.1, 0.15) is 13.8 Å². The highest BCUT2D eigenvalue weighted by Gasteiger charge is 2.20. The highest BCUT2D eigenvalue weighted by Crippen LogP contribution is 2.56. The molecule has 0 aromatic heterocycles. The maximum atomic E-state index is 2.28. The van der Waals surface area contributed by atoms with Gasteiger partial charge in [-0.3, -0.25) is 0 Å². The van der Waals surface area contributed by atoms with Crippen LogP contribution < -0.4 is 0 Å². The molecule has 0 aliphatic carbocycles. The van der Waals surface area contributed by atoms with E-state index in [-0.39, 0.29) is 0 Å². The minimum absolute atomic E-state index is 0.437. The number of rotatable bonds is 0. The molecule has 54 valence electrons. The summed E-state index contributed by atoms with van der Waals surface area (Å²) in [6.07, 6.45) is 0. The van der Waals surface area contributed by atoms with Gasteiger partial charge in [0.25, 0.3) is 0 Å². The molecule has 0 radical (unpaired) electrons. The first kappa shape index (κ1) is 7.07. The van der Waals surface area contributed by atoms with Crippen molar-refractivity contribution in [2.45, 2.75) is 13.8 Å². The van der Waals surface area contributed by atoms with E-state index >= 15 is 0 Å². The second-order valence-corrected chi connectivity index (χ2v) is 7.88. The second kappa shape index (κ2) is 2.47. The monoisotopic (exact) mass is 188 g/mol. The summed E-state index contributed by atoms with van der Waals surface area (Å²) in [5.41, 5.74) is 2.96. The van der Waals surface area contributed by atoms with E-state index in [9.17, 15) is 0 Å². The third kappa shape index (κ3) is 0.917. The van der Waals surface area contributed by atoms with E-state index in [0.717, 1.165) is 0 Å². The van der Waals surface area contributed by atoms with Crippen LogP contribution in [0, 0.1) is 0 Å². The van der Waals surface area contributed by atoms with E-state index in [0.29, 0.717) is 8.55 Å². The Bertz CT molecular complexity index is 245. The van der Waals surface area contributed by atoms with Crippen LogP contribution in [0.2, 0.25) is 0 Å². The topological polar surface area (TPSA) is 0 Å². The Morgan fingerprint density at radius 1 is 1.10 bits per heavy atom. The van der Waals surface area contributed by atoms with Crippen molar-refractivity contribution in [1.29, 1.82) is 0 Å². The Morgan fingerprint density at radius 3 is 2.00 bits per heavy atom. The molecule has 0 nitrogen and oxygen atoms in total. The van der Waals surface area contributed by atoms with Crippen LogP contribution in [0.15, 0.2) is 22.0 Å². The normalized spacial score (nSPS) is 24.8. The Labute approximate surface area is 70.9 Å². The van der Waals surface area contributed by atoms with Crippen molar-refractivity contribution in [2.75, 3.05) is 0 Å². The average Bonchev–Trinajstić information content (AvgIpc) is 2.40. The molecule has 2 heterocycles. The Balaban J connectivity index is 2.46. The fourth-order valence-corrected chi connectivity index (χ4v) is 7.56. The standard InChI is InChI=1S/C7H8S3/c1-5-3-8-10-7(5)6(2)4-9-10/h3-4H,1-2H3. The SMILES string of the molecule is CC1=CSS2=C1C(C)=CS2. The molecule has 0 spiro atoms. The lowest BCUT2D eigenvalue weighted by atomic mass is 10.1. The molecule has 2 rings (SSSR count). The second-order valence-electron chi connectivity index (χ2n) is 2.36. The zero-order chi connectivity index (χ0) is 7.14. The third-order valence-electron chi connectivity index (χ3n) is 1.51. The molecule has 0 saturated carbocycles. The lowest BCUT2D eigenvalue weighted by Crippen LogP contribution is -1.93. The molecule has 0 bridgehead atoms. The maximum Gasteiger partial charge on any atom is 0.0255 e. The molecule has 2 aliphatic rings. The highest BCUT2D eigenvalue weighted by atomic mass is 33.5. The fraction of sp³-hybridized carbons (Fsp3) is 0.286. The van der Waals surface area contributed by atoms with Crippen molar-refractivity contribution in [1.82, 2.24) is 0 Å². The van der Waals surface area contributed by atoms with E-state index in [4.69, 9.17) is 0 Å². The molecule has 2 aliphatic heterocycles. The van der Waals surface area contributed by atoms with Crippen LogP contribution >= 0.6 is 30.1 Å². The maximum absolute atomic E-state index is 2.28. The van der Waals surface area contributed by atoms with Gasteiger partial charge in [-0.25, -0.2) is 0 Å². The molecule has 0 N–H and O–H groups in total. The Kier molecular flexibility index (Phi) is 1.74. The molecular weight excluding hydrogens is 180 g/mol. The molecule has 0 saturated heterocycles. The van der Waals surface area contributed by atoms with Gasteiger partial charge < -0.3 is 0 Å². The van der Waals surface area contributed by atoms with Gasteiger partial charge >= 0.3 is 0 Å². The van der Waals surface area contributed by atoms with Crippen LogP contribution in [-0.4, -0.2) is 4.86 Å². The zero-order valence-electron chi connectivity index (χ0n) is 5.88. The molecule has 10 heavy (non-hydrogen) atoms. The molecule has 0 fully saturated rings. The van der Waals surface area contributed by atoms with Crippen molar-refractivity contribution in [3.8, 4) is 0 Å². The molecule has 0 aromatic carbocycles. The lowest BCUT2D eigenvalue weighted by Gasteiger charge is -1.97. The number of hydrogen-bond donors (Lipinski definition) is 0. The summed E-state index contributed by atoms with van der Waals surface area (Å²) in [5, 5.41) is 4.56. The molecule has 0 aromatic rings. The largest absolute Gasteiger partial charge is 0.0602 e. The van der Waals surface area contributed by atoms with E-state index in [1.807, 2.05) is 21.6 Å². The smallest absolute Gasteiger partial charge is 0.0255 e. The van der Waals surface area contributed by atoms with Crippen LogP contribution in [0.25, 0.3) is 0 Å². The molecule has 3 heteroatoms. The number of allylic oxidation sites excluding steroid dienone is 2. The van der Waals surface area contributed by atoms with Gasteiger partial charge in [0.15, 0.2) is 0 Å². The summed E-state index contributed by atoms with van der Waals surface area (Å²) < 4.78 is 0. The van der Waals surface area contributed by atoms with Crippen molar-refractivity contribution in [2.24, 2.45) is 0 Å². The molecule has 0 unspecified atom stereocenters. The quantitative estimate of drug-likeness (QED) is 0.421. The van der Waals surface area contributed by atoms with E-state index in [1.165, 1.54) is 11.1 Å². The van der Waals surface area contributed by atoms with Crippen LogP contribution in [0.4, 0.5) is 0 Å². The predicted molar refractivity (Wildman–Crippen MR) is 55.3 cm³/mol.